The number of carbonyl (C=O) groups excluding carboxylic acids is 1. The summed E-state index contributed by atoms with van der Waals surface area (Å²) >= 11 is 0.919. The number of hydrogen-bond donors (Lipinski definition) is 3. The smallest absolute Gasteiger partial charge is 0.419 e. The van der Waals surface area contributed by atoms with Crippen LogP contribution in [0.4, 0.5) is 29.1 Å². The van der Waals surface area contributed by atoms with Crippen LogP contribution in [0.5, 0.6) is 5.75 Å². The average Bonchev–Trinajstić information content (AvgIpc) is 3.39. The molecule has 0 radical (unpaired) electrons. The molecule has 2 aromatic carbocycles. The SMILES string of the molecule is Nc1n[nH]c2c(F)c(-c3ccc(NS(=O)(=O)c4cccs4)cc3OC(=O)C(F)(F)F)ccc12. The Balaban J connectivity index is 1.81. The summed E-state index contributed by atoms with van der Waals surface area (Å²) in [6.07, 6.45) is -5.34. The molecule has 4 aromatic rings. The van der Waals surface area contributed by atoms with Crippen LogP contribution in [0.2, 0.25) is 0 Å². The zero-order valence-corrected chi connectivity index (χ0v) is 17.7. The standard InChI is InChI=1S/C19H12F4N4O4S2/c20-15-11(5-6-12-16(15)25-26-17(12)24)10-4-3-9(8-13(10)31-18(28)19(21,22)23)27-33(29,30)14-2-1-7-32-14/h1-8,27H,(H3,24,25,26). The number of benzene rings is 2. The number of alkyl halides is 3. The van der Waals surface area contributed by atoms with Crippen molar-refractivity contribution in [1.29, 1.82) is 0 Å². The van der Waals surface area contributed by atoms with Gasteiger partial charge in [-0.1, -0.05) is 12.1 Å². The first-order chi connectivity index (χ1) is 15.5. The van der Waals surface area contributed by atoms with Crippen molar-refractivity contribution in [2.45, 2.75) is 10.4 Å². The summed E-state index contributed by atoms with van der Waals surface area (Å²) < 4.78 is 85.1. The number of hydrogen-bond acceptors (Lipinski definition) is 7. The summed E-state index contributed by atoms with van der Waals surface area (Å²) in [5, 5.41) is 7.82. The van der Waals surface area contributed by atoms with Crippen LogP contribution in [0, 0.1) is 5.82 Å². The normalized spacial score (nSPS) is 12.1. The molecular formula is C19H12F4N4O4S2. The van der Waals surface area contributed by atoms with E-state index in [1.807, 2.05) is 0 Å². The highest BCUT2D eigenvalue weighted by molar-refractivity contribution is 7.94. The molecule has 0 aliphatic rings. The molecule has 0 aliphatic carbocycles. The van der Waals surface area contributed by atoms with E-state index in [2.05, 4.69) is 19.7 Å². The highest BCUT2D eigenvalue weighted by Crippen LogP contribution is 2.38. The fraction of sp³-hybridized carbons (Fsp3) is 0.0526. The number of aromatic amines is 1. The number of sulfonamides is 1. The van der Waals surface area contributed by atoms with E-state index in [1.165, 1.54) is 35.7 Å². The largest absolute Gasteiger partial charge is 0.491 e. The number of thiophene rings is 1. The van der Waals surface area contributed by atoms with E-state index in [-0.39, 0.29) is 37.7 Å². The van der Waals surface area contributed by atoms with Crippen molar-refractivity contribution in [2.24, 2.45) is 0 Å². The van der Waals surface area contributed by atoms with E-state index < -0.39 is 33.7 Å². The Kier molecular flexibility index (Phi) is 5.49. The summed E-state index contributed by atoms with van der Waals surface area (Å²) in [7, 11) is -4.05. The molecule has 0 unspecified atom stereocenters. The second-order valence-electron chi connectivity index (χ2n) is 6.59. The Labute approximate surface area is 187 Å². The number of rotatable bonds is 5. The third-order valence-electron chi connectivity index (χ3n) is 4.42. The zero-order valence-electron chi connectivity index (χ0n) is 16.1. The van der Waals surface area contributed by atoms with Crippen LogP contribution in [0.25, 0.3) is 22.0 Å². The van der Waals surface area contributed by atoms with Crippen LogP contribution in [0.1, 0.15) is 0 Å². The number of H-pyrrole nitrogens is 1. The maximum Gasteiger partial charge on any atom is 0.491 e. The molecule has 4 rings (SSSR count). The highest BCUT2D eigenvalue weighted by atomic mass is 32.2. The van der Waals surface area contributed by atoms with Crippen molar-refractivity contribution >= 4 is 49.7 Å². The number of carbonyl (C=O) groups is 1. The number of fused-ring (bicyclic) bond motifs is 1. The van der Waals surface area contributed by atoms with Gasteiger partial charge in [0.15, 0.2) is 11.6 Å². The molecule has 0 saturated heterocycles. The summed E-state index contributed by atoms with van der Waals surface area (Å²) in [6.45, 7) is 0. The van der Waals surface area contributed by atoms with Crippen molar-refractivity contribution in [1.82, 2.24) is 10.2 Å². The number of nitrogen functional groups attached to an aromatic ring is 1. The maximum absolute atomic E-state index is 15.1. The third kappa shape index (κ3) is 4.34. The van der Waals surface area contributed by atoms with Gasteiger partial charge in [0.2, 0.25) is 0 Å². The number of halogens is 4. The van der Waals surface area contributed by atoms with Gasteiger partial charge in [-0.25, -0.2) is 17.6 Å². The number of nitrogens with two attached hydrogens (primary N) is 1. The molecule has 0 fully saturated rings. The van der Waals surface area contributed by atoms with E-state index in [0.717, 1.165) is 23.5 Å². The second kappa shape index (κ2) is 8.04. The van der Waals surface area contributed by atoms with Crippen LogP contribution in [-0.2, 0) is 14.8 Å². The van der Waals surface area contributed by atoms with E-state index >= 15 is 4.39 Å². The maximum atomic E-state index is 15.1. The predicted molar refractivity (Wildman–Crippen MR) is 113 cm³/mol. The minimum absolute atomic E-state index is 0.0116. The van der Waals surface area contributed by atoms with Gasteiger partial charge in [0.25, 0.3) is 10.0 Å². The van der Waals surface area contributed by atoms with Crippen LogP contribution in [0.3, 0.4) is 0 Å². The Morgan fingerprint density at radius 2 is 1.88 bits per heavy atom. The first-order valence-corrected chi connectivity index (χ1v) is 11.3. The monoisotopic (exact) mass is 500 g/mol. The van der Waals surface area contributed by atoms with E-state index in [4.69, 9.17) is 5.73 Å². The first kappa shape index (κ1) is 22.5. The molecule has 0 bridgehead atoms. The summed E-state index contributed by atoms with van der Waals surface area (Å²) in [4.78, 5) is 11.5. The van der Waals surface area contributed by atoms with Gasteiger partial charge in [0, 0.05) is 22.6 Å². The molecule has 33 heavy (non-hydrogen) atoms. The van der Waals surface area contributed by atoms with Gasteiger partial charge < -0.3 is 10.5 Å². The van der Waals surface area contributed by atoms with Gasteiger partial charge in [0.1, 0.15) is 15.5 Å². The lowest BCUT2D eigenvalue weighted by Gasteiger charge is -2.15. The summed E-state index contributed by atoms with van der Waals surface area (Å²) in [6, 6.07) is 8.60. The van der Waals surface area contributed by atoms with Gasteiger partial charge in [0.05, 0.1) is 5.69 Å². The molecule has 2 heterocycles. The molecule has 0 amide bonds. The van der Waals surface area contributed by atoms with Gasteiger partial charge in [-0.05, 0) is 29.6 Å². The molecule has 14 heteroatoms. The summed E-state index contributed by atoms with van der Waals surface area (Å²) in [5.74, 6) is -4.17. The number of aromatic nitrogens is 2. The number of ether oxygens (including phenoxy) is 1. The van der Waals surface area contributed by atoms with Gasteiger partial charge in [-0.15, -0.1) is 11.3 Å². The summed E-state index contributed by atoms with van der Waals surface area (Å²) in [5.41, 5.74) is 4.84. The van der Waals surface area contributed by atoms with Crippen molar-refractivity contribution in [3.05, 3.63) is 53.7 Å². The predicted octanol–water partition coefficient (Wildman–Crippen LogP) is 4.28. The van der Waals surface area contributed by atoms with Gasteiger partial charge in [-0.2, -0.15) is 18.3 Å². The van der Waals surface area contributed by atoms with Crippen LogP contribution >= 0.6 is 11.3 Å². The lowest BCUT2D eigenvalue weighted by Crippen LogP contribution is -2.28. The molecule has 4 N–H and O–H groups in total. The van der Waals surface area contributed by atoms with Crippen molar-refractivity contribution < 1.29 is 35.5 Å². The fourth-order valence-corrected chi connectivity index (χ4v) is 5.00. The molecule has 0 aliphatic heterocycles. The molecule has 0 saturated carbocycles. The Morgan fingerprint density at radius 1 is 1.15 bits per heavy atom. The van der Waals surface area contributed by atoms with Crippen LogP contribution in [-0.4, -0.2) is 30.8 Å². The fourth-order valence-electron chi connectivity index (χ4n) is 2.96. The van der Waals surface area contributed by atoms with Crippen LogP contribution < -0.4 is 15.2 Å². The van der Waals surface area contributed by atoms with Gasteiger partial charge in [-0.3, -0.25) is 9.82 Å². The van der Waals surface area contributed by atoms with Crippen molar-refractivity contribution in [3.63, 3.8) is 0 Å². The Bertz CT molecular complexity index is 1470. The highest BCUT2D eigenvalue weighted by Gasteiger charge is 2.42. The number of nitrogens with zero attached hydrogens (tertiary/aromatic N) is 1. The molecule has 0 spiro atoms. The molecule has 172 valence electrons. The molecular weight excluding hydrogens is 488 g/mol. The minimum Gasteiger partial charge on any atom is -0.419 e. The number of nitrogens with one attached hydrogen (secondary N) is 2. The molecule has 0 atom stereocenters. The average molecular weight is 500 g/mol. The van der Waals surface area contributed by atoms with E-state index in [9.17, 15) is 26.4 Å². The first-order valence-electron chi connectivity index (χ1n) is 8.89. The Hall–Kier alpha value is -3.65. The van der Waals surface area contributed by atoms with E-state index in [1.54, 1.807) is 0 Å². The zero-order chi connectivity index (χ0) is 24.0. The van der Waals surface area contributed by atoms with Gasteiger partial charge >= 0.3 is 12.1 Å². The van der Waals surface area contributed by atoms with Crippen molar-refractivity contribution in [2.75, 3.05) is 10.5 Å². The minimum atomic E-state index is -5.34. The molecule has 8 nitrogen and oxygen atoms in total. The second-order valence-corrected chi connectivity index (χ2v) is 9.45. The van der Waals surface area contributed by atoms with Crippen molar-refractivity contribution in [3.8, 4) is 16.9 Å². The van der Waals surface area contributed by atoms with E-state index in [0.29, 0.717) is 0 Å². The Morgan fingerprint density at radius 3 is 2.55 bits per heavy atom. The quantitative estimate of drug-likeness (QED) is 0.213. The van der Waals surface area contributed by atoms with Crippen LogP contribution in [0.15, 0.2) is 52.1 Å². The topological polar surface area (TPSA) is 127 Å². The molecule has 2 aromatic heterocycles. The number of anilines is 2. The lowest BCUT2D eigenvalue weighted by atomic mass is 10.0. The number of esters is 1. The lowest BCUT2D eigenvalue weighted by molar-refractivity contribution is -0.189. The third-order valence-corrected chi connectivity index (χ3v) is 7.20.